The number of nitrogens with zero attached hydrogens (tertiary/aromatic N) is 2. The van der Waals surface area contributed by atoms with E-state index in [-0.39, 0.29) is 18.4 Å². The smallest absolute Gasteiger partial charge is 0.317 e. The Labute approximate surface area is 101 Å². The molecular weight excluding hydrogens is 222 g/mol. The van der Waals surface area contributed by atoms with Gasteiger partial charge in [0.2, 0.25) is 5.91 Å². The molecule has 2 heterocycles. The van der Waals surface area contributed by atoms with Crippen LogP contribution in [0, 0.1) is 5.92 Å². The summed E-state index contributed by atoms with van der Waals surface area (Å²) in [5, 5.41) is 11.9. The van der Waals surface area contributed by atoms with Gasteiger partial charge in [-0.1, -0.05) is 0 Å². The first-order valence-electron chi connectivity index (χ1n) is 6.10. The summed E-state index contributed by atoms with van der Waals surface area (Å²) in [7, 11) is 0. The highest BCUT2D eigenvalue weighted by atomic mass is 16.4. The number of piperazine rings is 1. The topological polar surface area (TPSA) is 72.9 Å². The number of hydrogen-bond acceptors (Lipinski definition) is 4. The molecule has 17 heavy (non-hydrogen) atoms. The Morgan fingerprint density at radius 3 is 2.47 bits per heavy atom. The van der Waals surface area contributed by atoms with Gasteiger partial charge in [-0.3, -0.25) is 14.5 Å². The van der Waals surface area contributed by atoms with E-state index in [0.29, 0.717) is 26.2 Å². The van der Waals surface area contributed by atoms with Crippen LogP contribution in [0.4, 0.5) is 0 Å². The zero-order valence-electron chi connectivity index (χ0n) is 9.89. The summed E-state index contributed by atoms with van der Waals surface area (Å²) in [5.41, 5.74) is 0. The molecular formula is C11H19N3O3. The average Bonchev–Trinajstić information content (AvgIpc) is 2.82. The summed E-state index contributed by atoms with van der Waals surface area (Å²) < 4.78 is 0. The minimum absolute atomic E-state index is 0.0764. The van der Waals surface area contributed by atoms with Gasteiger partial charge >= 0.3 is 5.97 Å². The van der Waals surface area contributed by atoms with Gasteiger partial charge in [0.15, 0.2) is 0 Å². The molecule has 2 rings (SSSR count). The van der Waals surface area contributed by atoms with Crippen molar-refractivity contribution in [2.24, 2.45) is 5.92 Å². The van der Waals surface area contributed by atoms with Crippen molar-refractivity contribution in [3.05, 3.63) is 0 Å². The first-order chi connectivity index (χ1) is 8.16. The maximum atomic E-state index is 12.1. The van der Waals surface area contributed by atoms with E-state index in [1.54, 1.807) is 0 Å². The van der Waals surface area contributed by atoms with Crippen molar-refractivity contribution >= 4 is 11.9 Å². The first-order valence-corrected chi connectivity index (χ1v) is 6.10. The molecule has 0 radical (unpaired) electrons. The number of carboxylic acid groups (broad SMARTS) is 1. The third kappa shape index (κ3) is 3.17. The van der Waals surface area contributed by atoms with E-state index < -0.39 is 5.97 Å². The largest absolute Gasteiger partial charge is 0.480 e. The highest BCUT2D eigenvalue weighted by molar-refractivity contribution is 5.79. The Kier molecular flexibility index (Phi) is 3.96. The molecule has 1 unspecified atom stereocenters. The lowest BCUT2D eigenvalue weighted by Crippen LogP contribution is -2.51. The van der Waals surface area contributed by atoms with Crippen LogP contribution in [-0.4, -0.2) is 72.6 Å². The quantitative estimate of drug-likeness (QED) is 0.651. The summed E-state index contributed by atoms with van der Waals surface area (Å²) >= 11 is 0. The Morgan fingerprint density at radius 1 is 1.24 bits per heavy atom. The number of carbonyl (C=O) groups excluding carboxylic acids is 1. The molecule has 2 fully saturated rings. The fraction of sp³-hybridized carbons (Fsp3) is 0.818. The van der Waals surface area contributed by atoms with Crippen LogP contribution in [0.25, 0.3) is 0 Å². The number of rotatable bonds is 3. The zero-order valence-corrected chi connectivity index (χ0v) is 9.89. The van der Waals surface area contributed by atoms with Crippen LogP contribution in [0.2, 0.25) is 0 Å². The third-order valence-corrected chi connectivity index (χ3v) is 3.45. The van der Waals surface area contributed by atoms with Crippen LogP contribution >= 0.6 is 0 Å². The first kappa shape index (κ1) is 12.3. The second-order valence-corrected chi connectivity index (χ2v) is 4.68. The second-order valence-electron chi connectivity index (χ2n) is 4.68. The Morgan fingerprint density at radius 2 is 1.94 bits per heavy atom. The molecule has 6 heteroatoms. The van der Waals surface area contributed by atoms with Crippen molar-refractivity contribution < 1.29 is 14.7 Å². The summed E-state index contributed by atoms with van der Waals surface area (Å²) in [6, 6.07) is 0. The second kappa shape index (κ2) is 5.46. The maximum Gasteiger partial charge on any atom is 0.317 e. The maximum absolute atomic E-state index is 12.1. The van der Waals surface area contributed by atoms with Crippen molar-refractivity contribution in [3.63, 3.8) is 0 Å². The van der Waals surface area contributed by atoms with Gasteiger partial charge in [0.1, 0.15) is 0 Å². The van der Waals surface area contributed by atoms with Crippen LogP contribution in [0.5, 0.6) is 0 Å². The molecule has 2 aliphatic rings. The lowest BCUT2D eigenvalue weighted by atomic mass is 10.1. The SMILES string of the molecule is O=C(O)CN1CCN(C(=O)C2CCNC2)CC1. The van der Waals surface area contributed by atoms with E-state index in [1.807, 2.05) is 9.80 Å². The Bertz CT molecular complexity index is 294. The van der Waals surface area contributed by atoms with Gasteiger partial charge in [-0.2, -0.15) is 0 Å². The molecule has 0 aromatic rings. The number of amides is 1. The molecule has 0 aromatic heterocycles. The standard InChI is InChI=1S/C11H19N3O3/c15-10(16)8-13-3-5-14(6-4-13)11(17)9-1-2-12-7-9/h9,12H,1-8H2,(H,15,16). The highest BCUT2D eigenvalue weighted by Gasteiger charge is 2.29. The lowest BCUT2D eigenvalue weighted by molar-refractivity contribution is -0.140. The van der Waals surface area contributed by atoms with E-state index in [0.717, 1.165) is 19.5 Å². The van der Waals surface area contributed by atoms with Crippen molar-refractivity contribution in [1.82, 2.24) is 15.1 Å². The molecule has 1 atom stereocenters. The highest BCUT2D eigenvalue weighted by Crippen LogP contribution is 2.13. The molecule has 2 saturated heterocycles. The number of carboxylic acids is 1. The molecule has 0 saturated carbocycles. The van der Waals surface area contributed by atoms with Crippen molar-refractivity contribution in [1.29, 1.82) is 0 Å². The summed E-state index contributed by atoms with van der Waals surface area (Å²) in [6.45, 7) is 4.43. The predicted molar refractivity (Wildman–Crippen MR) is 61.6 cm³/mol. The van der Waals surface area contributed by atoms with E-state index in [2.05, 4.69) is 5.32 Å². The summed E-state index contributed by atoms with van der Waals surface area (Å²) in [5.74, 6) is -0.448. The number of carbonyl (C=O) groups is 2. The number of hydrogen-bond donors (Lipinski definition) is 2. The molecule has 96 valence electrons. The summed E-state index contributed by atoms with van der Waals surface area (Å²) in [6.07, 6.45) is 0.925. The van der Waals surface area contributed by atoms with Crippen LogP contribution in [-0.2, 0) is 9.59 Å². The molecule has 2 N–H and O–H groups in total. The fourth-order valence-corrected chi connectivity index (χ4v) is 2.44. The minimum atomic E-state index is -0.801. The third-order valence-electron chi connectivity index (χ3n) is 3.45. The van der Waals surface area contributed by atoms with Gasteiger partial charge in [-0.25, -0.2) is 0 Å². The van der Waals surface area contributed by atoms with Crippen molar-refractivity contribution in [2.45, 2.75) is 6.42 Å². The predicted octanol–water partition coefficient (Wildman–Crippen LogP) is -1.18. The molecule has 0 aromatic carbocycles. The number of nitrogens with one attached hydrogen (secondary N) is 1. The zero-order chi connectivity index (χ0) is 12.3. The molecule has 0 bridgehead atoms. The van der Waals surface area contributed by atoms with Gasteiger partial charge in [0, 0.05) is 32.7 Å². The molecule has 1 amide bonds. The van der Waals surface area contributed by atoms with Crippen molar-refractivity contribution in [3.8, 4) is 0 Å². The van der Waals surface area contributed by atoms with E-state index in [1.165, 1.54) is 0 Å². The van der Waals surface area contributed by atoms with E-state index >= 15 is 0 Å². The fourth-order valence-electron chi connectivity index (χ4n) is 2.44. The van der Waals surface area contributed by atoms with Gasteiger partial charge in [0.25, 0.3) is 0 Å². The molecule has 2 aliphatic heterocycles. The van der Waals surface area contributed by atoms with Gasteiger partial charge in [-0.05, 0) is 13.0 Å². The van der Waals surface area contributed by atoms with Crippen LogP contribution in [0.1, 0.15) is 6.42 Å². The van der Waals surface area contributed by atoms with Crippen molar-refractivity contribution in [2.75, 3.05) is 45.8 Å². The van der Waals surface area contributed by atoms with E-state index in [9.17, 15) is 9.59 Å². The van der Waals surface area contributed by atoms with Crippen LogP contribution in [0.3, 0.4) is 0 Å². The van der Waals surface area contributed by atoms with Crippen LogP contribution < -0.4 is 5.32 Å². The number of aliphatic carboxylic acids is 1. The molecule has 0 spiro atoms. The average molecular weight is 241 g/mol. The Balaban J connectivity index is 1.78. The van der Waals surface area contributed by atoms with Gasteiger partial charge < -0.3 is 15.3 Å². The Hall–Kier alpha value is -1.14. The molecule has 6 nitrogen and oxygen atoms in total. The monoisotopic (exact) mass is 241 g/mol. The molecule has 0 aliphatic carbocycles. The lowest BCUT2D eigenvalue weighted by Gasteiger charge is -2.35. The van der Waals surface area contributed by atoms with Gasteiger partial charge in [-0.15, -0.1) is 0 Å². The van der Waals surface area contributed by atoms with E-state index in [4.69, 9.17) is 5.11 Å². The van der Waals surface area contributed by atoms with Crippen LogP contribution in [0.15, 0.2) is 0 Å². The summed E-state index contributed by atoms with van der Waals surface area (Å²) in [4.78, 5) is 26.4. The van der Waals surface area contributed by atoms with Gasteiger partial charge in [0.05, 0.1) is 12.5 Å². The minimum Gasteiger partial charge on any atom is -0.480 e. The normalized spacial score (nSPS) is 26.1.